The Hall–Kier alpha value is -0.650. The lowest BCUT2D eigenvalue weighted by atomic mass is 10.0. The molecule has 0 spiro atoms. The van der Waals surface area contributed by atoms with Gasteiger partial charge in [-0.2, -0.15) is 0 Å². The average molecular weight is 374 g/mol. The molecular weight excluding hydrogens is 330 g/mol. The lowest BCUT2D eigenvalue weighted by molar-refractivity contribution is -0.149. The largest absolute Gasteiger partial charge is 0.449 e. The van der Waals surface area contributed by atoms with E-state index in [4.69, 9.17) is 14.9 Å². The molecule has 0 aromatic carbocycles. The van der Waals surface area contributed by atoms with Gasteiger partial charge in [-0.3, -0.25) is 9.69 Å². The summed E-state index contributed by atoms with van der Waals surface area (Å²) in [4.78, 5) is 13.4. The Labute approximate surface area is 161 Å². The van der Waals surface area contributed by atoms with Crippen LogP contribution in [0, 0.1) is 0 Å². The van der Waals surface area contributed by atoms with Gasteiger partial charge < -0.3 is 14.9 Å². The lowest BCUT2D eigenvalue weighted by Gasteiger charge is -2.19. The summed E-state index contributed by atoms with van der Waals surface area (Å²) in [6, 6.07) is 0. The quantitative estimate of drug-likeness (QED) is 0.190. The predicted octanol–water partition coefficient (Wildman–Crippen LogP) is 4.26. The van der Waals surface area contributed by atoms with Gasteiger partial charge in [0, 0.05) is 19.5 Å². The number of hydrogen-bond acceptors (Lipinski definition) is 5. The molecule has 0 rings (SSSR count). The number of rotatable bonds is 20. The third-order valence-corrected chi connectivity index (χ3v) is 4.73. The molecule has 0 aromatic heterocycles. The van der Waals surface area contributed by atoms with Crippen molar-refractivity contribution in [2.24, 2.45) is 0 Å². The molecule has 156 valence electrons. The van der Waals surface area contributed by atoms with E-state index in [0.29, 0.717) is 19.5 Å². The first-order valence-electron chi connectivity index (χ1n) is 10.8. The van der Waals surface area contributed by atoms with Crippen LogP contribution in [0.15, 0.2) is 0 Å². The van der Waals surface area contributed by atoms with Crippen LogP contribution in [0.1, 0.15) is 96.8 Å². The molecule has 0 aromatic rings. The minimum atomic E-state index is -0.186. The van der Waals surface area contributed by atoms with Crippen molar-refractivity contribution in [1.29, 1.82) is 0 Å². The molecule has 0 bridgehead atoms. The maximum atomic E-state index is 11.7. The molecule has 0 radical (unpaired) electrons. The Morgan fingerprint density at radius 1 is 0.731 bits per heavy atom. The van der Waals surface area contributed by atoms with Crippen molar-refractivity contribution in [1.82, 2.24) is 4.90 Å². The van der Waals surface area contributed by atoms with Gasteiger partial charge in [-0.25, -0.2) is 0 Å². The normalized spacial score (nSPS) is 11.2. The number of carbonyl (C=O) groups excluding carboxylic acids is 1. The summed E-state index contributed by atoms with van der Waals surface area (Å²) in [5, 5.41) is 17.8. The maximum absolute atomic E-state index is 11.7. The summed E-state index contributed by atoms with van der Waals surface area (Å²) in [7, 11) is 0. The Bertz CT molecular complexity index is 294. The second kappa shape index (κ2) is 20.7. The van der Waals surface area contributed by atoms with Crippen molar-refractivity contribution in [2.45, 2.75) is 96.8 Å². The zero-order valence-corrected chi connectivity index (χ0v) is 17.1. The van der Waals surface area contributed by atoms with Gasteiger partial charge in [0.25, 0.3) is 0 Å². The van der Waals surface area contributed by atoms with E-state index < -0.39 is 0 Å². The van der Waals surface area contributed by atoms with Crippen molar-refractivity contribution in [3.8, 4) is 0 Å². The van der Waals surface area contributed by atoms with Crippen LogP contribution in [0.3, 0.4) is 0 Å². The van der Waals surface area contributed by atoms with Crippen LogP contribution >= 0.6 is 0 Å². The number of esters is 1. The van der Waals surface area contributed by atoms with Crippen LogP contribution in [0.5, 0.6) is 0 Å². The van der Waals surface area contributed by atoms with E-state index in [1.54, 1.807) is 4.90 Å². The topological polar surface area (TPSA) is 70.0 Å². The average Bonchev–Trinajstić information content (AvgIpc) is 2.64. The molecule has 0 saturated heterocycles. The summed E-state index contributed by atoms with van der Waals surface area (Å²) >= 11 is 0. The molecule has 0 amide bonds. The van der Waals surface area contributed by atoms with Gasteiger partial charge in [-0.1, -0.05) is 84.0 Å². The summed E-state index contributed by atoms with van der Waals surface area (Å²) in [6.45, 7) is 3.22. The van der Waals surface area contributed by atoms with Crippen molar-refractivity contribution in [2.75, 3.05) is 33.0 Å². The zero-order chi connectivity index (χ0) is 19.3. The molecule has 0 aliphatic carbocycles. The standard InChI is InChI=1S/C21H43NO4/c1-2-3-4-5-6-7-8-9-10-11-12-13-14-15-21(25)26-20-22(16-18-23)17-19-24/h23-24H,2-20H2,1H3. The summed E-state index contributed by atoms with van der Waals surface area (Å²) in [6.07, 6.45) is 17.2. The number of hydrogen-bond donors (Lipinski definition) is 2. The third kappa shape index (κ3) is 18.2. The van der Waals surface area contributed by atoms with Gasteiger partial charge in [0.1, 0.15) is 6.73 Å². The van der Waals surface area contributed by atoms with Gasteiger partial charge in [0.05, 0.1) is 13.2 Å². The van der Waals surface area contributed by atoms with E-state index in [9.17, 15) is 4.79 Å². The van der Waals surface area contributed by atoms with E-state index in [2.05, 4.69) is 6.92 Å². The van der Waals surface area contributed by atoms with Crippen molar-refractivity contribution < 1.29 is 19.7 Å². The first-order chi connectivity index (χ1) is 12.7. The van der Waals surface area contributed by atoms with Gasteiger partial charge in [0.2, 0.25) is 0 Å². The van der Waals surface area contributed by atoms with Crippen molar-refractivity contribution in [3.63, 3.8) is 0 Å². The summed E-state index contributed by atoms with van der Waals surface area (Å²) < 4.78 is 5.18. The third-order valence-electron chi connectivity index (χ3n) is 4.73. The van der Waals surface area contributed by atoms with Crippen LogP contribution in [0.25, 0.3) is 0 Å². The number of ether oxygens (including phenoxy) is 1. The molecule has 0 saturated carbocycles. The summed E-state index contributed by atoms with van der Waals surface area (Å²) in [5.41, 5.74) is 0. The molecule has 26 heavy (non-hydrogen) atoms. The van der Waals surface area contributed by atoms with Crippen molar-refractivity contribution in [3.05, 3.63) is 0 Å². The fourth-order valence-electron chi connectivity index (χ4n) is 3.05. The fraction of sp³-hybridized carbons (Fsp3) is 0.952. The predicted molar refractivity (Wildman–Crippen MR) is 107 cm³/mol. The molecule has 5 nitrogen and oxygen atoms in total. The number of nitrogens with zero attached hydrogens (tertiary/aromatic N) is 1. The maximum Gasteiger partial charge on any atom is 0.307 e. The second-order valence-corrected chi connectivity index (χ2v) is 7.20. The van der Waals surface area contributed by atoms with E-state index in [0.717, 1.165) is 12.8 Å². The fourth-order valence-corrected chi connectivity index (χ4v) is 3.05. The van der Waals surface area contributed by atoms with Crippen molar-refractivity contribution >= 4 is 5.97 Å². The van der Waals surface area contributed by atoms with Gasteiger partial charge >= 0.3 is 5.97 Å². The SMILES string of the molecule is CCCCCCCCCCCCCCCC(=O)OCN(CCO)CCO. The number of aliphatic hydroxyl groups is 2. The van der Waals surface area contributed by atoms with Crippen LogP contribution in [-0.4, -0.2) is 54.1 Å². The Balaban J connectivity index is 3.32. The Morgan fingerprint density at radius 3 is 1.58 bits per heavy atom. The molecule has 0 aliphatic heterocycles. The van der Waals surface area contributed by atoms with E-state index in [1.165, 1.54) is 70.6 Å². The highest BCUT2D eigenvalue weighted by atomic mass is 16.5. The zero-order valence-electron chi connectivity index (χ0n) is 17.1. The molecule has 0 aliphatic rings. The van der Waals surface area contributed by atoms with Crippen LogP contribution in [-0.2, 0) is 9.53 Å². The van der Waals surface area contributed by atoms with E-state index in [1.807, 2.05) is 0 Å². The first-order valence-corrected chi connectivity index (χ1v) is 10.8. The molecule has 0 atom stereocenters. The molecule has 0 unspecified atom stereocenters. The van der Waals surface area contributed by atoms with E-state index >= 15 is 0 Å². The molecule has 0 fully saturated rings. The second-order valence-electron chi connectivity index (χ2n) is 7.20. The van der Waals surface area contributed by atoms with Crippen LogP contribution in [0.4, 0.5) is 0 Å². The lowest BCUT2D eigenvalue weighted by Crippen LogP contribution is -2.33. The molecule has 2 N–H and O–H groups in total. The smallest absolute Gasteiger partial charge is 0.307 e. The molecular formula is C21H43NO4. The number of unbranched alkanes of at least 4 members (excludes halogenated alkanes) is 12. The highest BCUT2D eigenvalue weighted by molar-refractivity contribution is 5.69. The minimum absolute atomic E-state index is 0.00356. The number of aliphatic hydroxyl groups excluding tert-OH is 2. The Kier molecular flexibility index (Phi) is 20.1. The Morgan fingerprint density at radius 2 is 1.15 bits per heavy atom. The van der Waals surface area contributed by atoms with E-state index in [-0.39, 0.29) is 25.9 Å². The monoisotopic (exact) mass is 373 g/mol. The first kappa shape index (κ1) is 25.4. The highest BCUT2D eigenvalue weighted by Crippen LogP contribution is 2.13. The molecule has 5 heteroatoms. The minimum Gasteiger partial charge on any atom is -0.449 e. The summed E-state index contributed by atoms with van der Waals surface area (Å²) in [5.74, 6) is -0.186. The molecule has 0 heterocycles. The van der Waals surface area contributed by atoms with Gasteiger partial charge in [-0.05, 0) is 6.42 Å². The highest BCUT2D eigenvalue weighted by Gasteiger charge is 2.07. The number of carbonyl (C=O) groups is 1. The van der Waals surface area contributed by atoms with Crippen LogP contribution in [0.2, 0.25) is 0 Å². The van der Waals surface area contributed by atoms with Gasteiger partial charge in [0.15, 0.2) is 0 Å². The van der Waals surface area contributed by atoms with Crippen LogP contribution < -0.4 is 0 Å². The van der Waals surface area contributed by atoms with Gasteiger partial charge in [-0.15, -0.1) is 0 Å².